The van der Waals surface area contributed by atoms with E-state index in [0.29, 0.717) is 5.41 Å². The maximum Gasteiger partial charge on any atom is 0.150 e. The molecule has 0 amide bonds. The predicted octanol–water partition coefficient (Wildman–Crippen LogP) is 2.52. The second-order valence-corrected chi connectivity index (χ2v) is 7.50. The van der Waals surface area contributed by atoms with Crippen LogP contribution in [0.25, 0.3) is 0 Å². The number of nitrogens with zero attached hydrogens (tertiary/aromatic N) is 1. The zero-order valence-corrected chi connectivity index (χ0v) is 12.8. The molecule has 3 aliphatic rings. The van der Waals surface area contributed by atoms with Crippen molar-refractivity contribution in [2.24, 2.45) is 5.41 Å². The summed E-state index contributed by atoms with van der Waals surface area (Å²) >= 11 is 0. The molecule has 112 valence electrons. The molecule has 4 rings (SSSR count). The number of aryl methyl sites for hydroxylation is 1. The first kappa shape index (κ1) is 13.5. The summed E-state index contributed by atoms with van der Waals surface area (Å²) in [6.07, 6.45) is 6.49. The molecule has 0 atom stereocenters. The van der Waals surface area contributed by atoms with Crippen molar-refractivity contribution < 1.29 is 4.79 Å². The Kier molecular flexibility index (Phi) is 3.16. The lowest BCUT2D eigenvalue weighted by atomic mass is 9.60. The standard InChI is InChI=1S/C18H24N2O/c1-13-6-14(2-3-15(13)10-21)9-20-11-18(12-20)7-17(8-18)19-16-4-5-16/h2-3,6,10,16-17,19H,4-5,7-9,11-12H2,1H3. The van der Waals surface area contributed by atoms with Crippen LogP contribution < -0.4 is 5.32 Å². The van der Waals surface area contributed by atoms with Crippen molar-refractivity contribution in [3.63, 3.8) is 0 Å². The molecule has 0 radical (unpaired) electrons. The number of nitrogens with one attached hydrogen (secondary N) is 1. The van der Waals surface area contributed by atoms with Crippen LogP contribution in [0.5, 0.6) is 0 Å². The number of carbonyl (C=O) groups excluding carboxylic acids is 1. The van der Waals surface area contributed by atoms with Gasteiger partial charge in [-0.05, 0) is 49.1 Å². The minimum Gasteiger partial charge on any atom is -0.311 e. The van der Waals surface area contributed by atoms with Gasteiger partial charge in [0.25, 0.3) is 0 Å². The smallest absolute Gasteiger partial charge is 0.150 e. The molecule has 1 aromatic carbocycles. The molecule has 3 nitrogen and oxygen atoms in total. The van der Waals surface area contributed by atoms with Gasteiger partial charge in [-0.1, -0.05) is 18.2 Å². The van der Waals surface area contributed by atoms with Crippen LogP contribution in [0.4, 0.5) is 0 Å². The third-order valence-electron chi connectivity index (χ3n) is 5.39. The molecule has 1 saturated heterocycles. The van der Waals surface area contributed by atoms with Gasteiger partial charge in [-0.25, -0.2) is 0 Å². The highest BCUT2D eigenvalue weighted by Crippen LogP contribution is 2.49. The molecular weight excluding hydrogens is 260 g/mol. The van der Waals surface area contributed by atoms with E-state index >= 15 is 0 Å². The van der Waals surface area contributed by atoms with Crippen molar-refractivity contribution in [3.05, 3.63) is 34.9 Å². The Morgan fingerprint density at radius 2 is 2.05 bits per heavy atom. The molecule has 3 heteroatoms. The molecular formula is C18H24N2O. The number of likely N-dealkylation sites (tertiary alicyclic amines) is 1. The largest absolute Gasteiger partial charge is 0.311 e. The topological polar surface area (TPSA) is 32.3 Å². The lowest BCUT2D eigenvalue weighted by molar-refractivity contribution is -0.0832. The van der Waals surface area contributed by atoms with E-state index in [4.69, 9.17) is 0 Å². The van der Waals surface area contributed by atoms with E-state index in [-0.39, 0.29) is 0 Å². The van der Waals surface area contributed by atoms with Gasteiger partial charge >= 0.3 is 0 Å². The zero-order valence-electron chi connectivity index (χ0n) is 12.8. The van der Waals surface area contributed by atoms with Gasteiger partial charge < -0.3 is 5.32 Å². The number of hydrogen-bond donors (Lipinski definition) is 1. The summed E-state index contributed by atoms with van der Waals surface area (Å²) in [6, 6.07) is 7.86. The summed E-state index contributed by atoms with van der Waals surface area (Å²) in [6.45, 7) is 5.56. The molecule has 1 spiro atoms. The third kappa shape index (κ3) is 2.65. The highest BCUT2D eigenvalue weighted by molar-refractivity contribution is 5.77. The Morgan fingerprint density at radius 3 is 2.67 bits per heavy atom. The van der Waals surface area contributed by atoms with Crippen molar-refractivity contribution in [2.75, 3.05) is 13.1 Å². The van der Waals surface area contributed by atoms with Gasteiger partial charge in [0.05, 0.1) is 0 Å². The Morgan fingerprint density at radius 1 is 1.29 bits per heavy atom. The number of rotatable bonds is 5. The number of aldehydes is 1. The third-order valence-corrected chi connectivity index (χ3v) is 5.39. The van der Waals surface area contributed by atoms with Gasteiger partial charge in [-0.2, -0.15) is 0 Å². The van der Waals surface area contributed by atoms with E-state index < -0.39 is 0 Å². The highest BCUT2D eigenvalue weighted by atomic mass is 16.1. The summed E-state index contributed by atoms with van der Waals surface area (Å²) in [5.41, 5.74) is 3.87. The minimum atomic E-state index is 0.629. The van der Waals surface area contributed by atoms with Crippen LogP contribution >= 0.6 is 0 Å². The normalized spacial score (nSPS) is 24.6. The van der Waals surface area contributed by atoms with Crippen LogP contribution in [0.15, 0.2) is 18.2 Å². The Labute approximate surface area is 126 Å². The quantitative estimate of drug-likeness (QED) is 0.843. The zero-order chi connectivity index (χ0) is 14.4. The summed E-state index contributed by atoms with van der Waals surface area (Å²) in [4.78, 5) is 13.4. The summed E-state index contributed by atoms with van der Waals surface area (Å²) in [5, 5.41) is 3.75. The van der Waals surface area contributed by atoms with Gasteiger partial charge in [0, 0.05) is 37.3 Å². The van der Waals surface area contributed by atoms with E-state index in [1.165, 1.54) is 44.3 Å². The lowest BCUT2D eigenvalue weighted by Crippen LogP contribution is -2.65. The van der Waals surface area contributed by atoms with Gasteiger partial charge in [-0.15, -0.1) is 0 Å². The van der Waals surface area contributed by atoms with Crippen LogP contribution in [0.1, 0.15) is 47.2 Å². The molecule has 3 fully saturated rings. The van der Waals surface area contributed by atoms with E-state index in [1.54, 1.807) is 0 Å². The fourth-order valence-electron chi connectivity index (χ4n) is 4.19. The average Bonchev–Trinajstić information content (AvgIpc) is 3.18. The first-order valence-electron chi connectivity index (χ1n) is 8.19. The van der Waals surface area contributed by atoms with Crippen LogP contribution in [-0.4, -0.2) is 36.4 Å². The second-order valence-electron chi connectivity index (χ2n) is 7.50. The van der Waals surface area contributed by atoms with Crippen LogP contribution in [0.3, 0.4) is 0 Å². The Bertz CT molecular complexity index is 550. The Balaban J connectivity index is 1.27. The van der Waals surface area contributed by atoms with E-state index in [2.05, 4.69) is 22.3 Å². The van der Waals surface area contributed by atoms with Crippen LogP contribution in [0, 0.1) is 12.3 Å². The average molecular weight is 284 g/mol. The monoisotopic (exact) mass is 284 g/mol. The fourth-order valence-corrected chi connectivity index (χ4v) is 4.19. The van der Waals surface area contributed by atoms with Crippen molar-refractivity contribution in [3.8, 4) is 0 Å². The van der Waals surface area contributed by atoms with Crippen molar-refractivity contribution in [1.82, 2.24) is 10.2 Å². The SMILES string of the molecule is Cc1cc(CN2CC3(CC(NC4CC4)C3)C2)ccc1C=O. The lowest BCUT2D eigenvalue weighted by Gasteiger charge is -2.59. The van der Waals surface area contributed by atoms with Crippen molar-refractivity contribution >= 4 is 6.29 Å². The minimum absolute atomic E-state index is 0.629. The molecule has 0 aromatic heterocycles. The van der Waals surface area contributed by atoms with Gasteiger partial charge in [0.15, 0.2) is 0 Å². The summed E-state index contributed by atoms with van der Waals surface area (Å²) in [7, 11) is 0. The first-order valence-corrected chi connectivity index (χ1v) is 8.19. The molecule has 0 bridgehead atoms. The van der Waals surface area contributed by atoms with Crippen molar-refractivity contribution in [1.29, 1.82) is 0 Å². The van der Waals surface area contributed by atoms with E-state index in [0.717, 1.165) is 36.0 Å². The first-order chi connectivity index (χ1) is 10.2. The Hall–Kier alpha value is -1.19. The van der Waals surface area contributed by atoms with Gasteiger partial charge in [-0.3, -0.25) is 9.69 Å². The highest BCUT2D eigenvalue weighted by Gasteiger charge is 2.52. The summed E-state index contributed by atoms with van der Waals surface area (Å²) in [5.74, 6) is 0. The van der Waals surface area contributed by atoms with Crippen molar-refractivity contribution in [2.45, 2.75) is 51.2 Å². The molecule has 0 unspecified atom stereocenters. The van der Waals surface area contributed by atoms with Gasteiger partial charge in [0.1, 0.15) is 6.29 Å². The number of benzene rings is 1. The second kappa shape index (κ2) is 4.92. The molecule has 1 heterocycles. The molecule has 1 N–H and O–H groups in total. The molecule has 1 aromatic rings. The predicted molar refractivity (Wildman–Crippen MR) is 83.5 cm³/mol. The van der Waals surface area contributed by atoms with Crippen LogP contribution in [0.2, 0.25) is 0 Å². The maximum atomic E-state index is 10.9. The number of hydrogen-bond acceptors (Lipinski definition) is 3. The van der Waals surface area contributed by atoms with E-state index in [1.807, 2.05) is 13.0 Å². The maximum absolute atomic E-state index is 10.9. The van der Waals surface area contributed by atoms with Gasteiger partial charge in [0.2, 0.25) is 0 Å². The number of carbonyl (C=O) groups is 1. The van der Waals surface area contributed by atoms with E-state index in [9.17, 15) is 4.79 Å². The van der Waals surface area contributed by atoms with Crippen LogP contribution in [-0.2, 0) is 6.54 Å². The summed E-state index contributed by atoms with van der Waals surface area (Å²) < 4.78 is 0. The molecule has 2 aliphatic carbocycles. The molecule has 21 heavy (non-hydrogen) atoms. The molecule has 2 saturated carbocycles. The molecule has 1 aliphatic heterocycles. The fraction of sp³-hybridized carbons (Fsp3) is 0.611.